The molecular formula is C50H44. The van der Waals surface area contributed by atoms with Gasteiger partial charge in [-0.1, -0.05) is 182 Å². The molecule has 6 aromatic carbocycles. The van der Waals surface area contributed by atoms with Crippen LogP contribution in [0.5, 0.6) is 0 Å². The van der Waals surface area contributed by atoms with Crippen molar-refractivity contribution in [3.8, 4) is 11.1 Å². The fourth-order valence-electron chi connectivity index (χ4n) is 9.01. The minimum absolute atomic E-state index is 0.279. The first-order valence-electron chi connectivity index (χ1n) is 17.9. The molecule has 2 aliphatic carbocycles. The zero-order valence-corrected chi connectivity index (χ0v) is 30.0. The summed E-state index contributed by atoms with van der Waals surface area (Å²) in [6, 6.07) is 59.0. The van der Waals surface area contributed by atoms with E-state index < -0.39 is 5.41 Å². The van der Waals surface area contributed by atoms with Gasteiger partial charge in [0.1, 0.15) is 0 Å². The molecule has 244 valence electrons. The maximum Gasteiger partial charge on any atom is 0.0716 e. The minimum atomic E-state index is -0.519. The Balaban J connectivity index is 1.60. The fraction of sp³-hybridized carbons (Fsp3) is 0.160. The van der Waals surface area contributed by atoms with Crippen molar-refractivity contribution in [2.45, 2.75) is 47.0 Å². The van der Waals surface area contributed by atoms with Gasteiger partial charge in [-0.2, -0.15) is 0 Å². The van der Waals surface area contributed by atoms with Crippen LogP contribution in [0.25, 0.3) is 22.3 Å². The van der Waals surface area contributed by atoms with Gasteiger partial charge in [-0.25, -0.2) is 0 Å². The predicted molar refractivity (Wildman–Crippen MR) is 212 cm³/mol. The molecule has 0 N–H and O–H groups in total. The molecule has 0 unspecified atom stereocenters. The monoisotopic (exact) mass is 644 g/mol. The number of hydrogen-bond donors (Lipinski definition) is 0. The van der Waals surface area contributed by atoms with Gasteiger partial charge >= 0.3 is 0 Å². The van der Waals surface area contributed by atoms with Crippen molar-refractivity contribution in [3.63, 3.8) is 0 Å². The summed E-state index contributed by atoms with van der Waals surface area (Å²) in [7, 11) is 0. The molecule has 0 aromatic heterocycles. The third-order valence-corrected chi connectivity index (χ3v) is 11.0. The number of benzene rings is 6. The van der Waals surface area contributed by atoms with Crippen LogP contribution in [0.4, 0.5) is 0 Å². The third kappa shape index (κ3) is 4.81. The van der Waals surface area contributed by atoms with Crippen molar-refractivity contribution in [2.75, 3.05) is 0 Å². The zero-order chi connectivity index (χ0) is 34.6. The van der Waals surface area contributed by atoms with Crippen molar-refractivity contribution < 1.29 is 0 Å². The highest BCUT2D eigenvalue weighted by Crippen LogP contribution is 2.69. The molecule has 6 aromatic rings. The highest BCUT2D eigenvalue weighted by molar-refractivity contribution is 6.07. The Hall–Kier alpha value is -5.46. The molecule has 2 aliphatic rings. The SMILES string of the molecule is CC(C)=C1C2=C(C(=C(c3ccc(C)cc3)c3ccc(C)cc3)C1(C)C)c1ccc(-c3ccccc3)cc1C2(c1ccccc1)c1ccccc1. The quantitative estimate of drug-likeness (QED) is 0.175. The Morgan fingerprint density at radius 3 is 1.44 bits per heavy atom. The van der Waals surface area contributed by atoms with Crippen molar-refractivity contribution in [1.29, 1.82) is 0 Å². The largest absolute Gasteiger partial charge is 0.0720 e. The molecule has 0 aliphatic heterocycles. The van der Waals surface area contributed by atoms with Crippen molar-refractivity contribution in [2.24, 2.45) is 5.41 Å². The average Bonchev–Trinajstić information content (AvgIpc) is 3.55. The number of rotatable bonds is 5. The van der Waals surface area contributed by atoms with Gasteiger partial charge in [0.2, 0.25) is 0 Å². The molecular weight excluding hydrogens is 601 g/mol. The second kappa shape index (κ2) is 12.1. The summed E-state index contributed by atoms with van der Waals surface area (Å²) in [5, 5.41) is 0. The molecule has 0 nitrogen and oxygen atoms in total. The summed E-state index contributed by atoms with van der Waals surface area (Å²) in [5.74, 6) is 0. The van der Waals surface area contributed by atoms with Crippen LogP contribution < -0.4 is 0 Å². The smallest absolute Gasteiger partial charge is 0.0716 e. The van der Waals surface area contributed by atoms with E-state index in [0.29, 0.717) is 0 Å². The molecule has 0 heterocycles. The summed E-state index contributed by atoms with van der Waals surface area (Å²) in [4.78, 5) is 0. The molecule has 0 saturated carbocycles. The molecule has 0 saturated heterocycles. The lowest BCUT2D eigenvalue weighted by molar-refractivity contribution is 0.557. The summed E-state index contributed by atoms with van der Waals surface area (Å²) in [6.07, 6.45) is 0. The average molecular weight is 645 g/mol. The third-order valence-electron chi connectivity index (χ3n) is 11.0. The van der Waals surface area contributed by atoms with Crippen LogP contribution in [0.3, 0.4) is 0 Å². The zero-order valence-electron chi connectivity index (χ0n) is 30.0. The van der Waals surface area contributed by atoms with Crippen LogP contribution in [-0.4, -0.2) is 0 Å². The van der Waals surface area contributed by atoms with E-state index in [4.69, 9.17) is 0 Å². The lowest BCUT2D eigenvalue weighted by Crippen LogP contribution is -2.33. The molecule has 0 heteroatoms. The van der Waals surface area contributed by atoms with E-state index in [0.717, 1.165) is 0 Å². The van der Waals surface area contributed by atoms with Crippen LogP contribution in [-0.2, 0) is 5.41 Å². The first kappa shape index (κ1) is 31.8. The Morgan fingerprint density at radius 1 is 0.480 bits per heavy atom. The van der Waals surface area contributed by atoms with Gasteiger partial charge in [-0.3, -0.25) is 0 Å². The molecule has 0 fully saturated rings. The van der Waals surface area contributed by atoms with E-state index in [1.165, 1.54) is 89.1 Å². The van der Waals surface area contributed by atoms with E-state index in [1.807, 2.05) is 0 Å². The predicted octanol–water partition coefficient (Wildman–Crippen LogP) is 13.0. The molecule has 0 bridgehead atoms. The Kier molecular flexibility index (Phi) is 7.72. The van der Waals surface area contributed by atoms with E-state index in [1.54, 1.807) is 0 Å². The van der Waals surface area contributed by atoms with Gasteiger partial charge in [-0.15, -0.1) is 0 Å². The second-order valence-corrected chi connectivity index (χ2v) is 14.8. The van der Waals surface area contributed by atoms with E-state index in [2.05, 4.69) is 199 Å². The van der Waals surface area contributed by atoms with Gasteiger partial charge in [-0.05, 0) is 106 Å². The van der Waals surface area contributed by atoms with Crippen molar-refractivity contribution >= 4 is 11.1 Å². The topological polar surface area (TPSA) is 0 Å². The van der Waals surface area contributed by atoms with Gasteiger partial charge in [0.05, 0.1) is 5.41 Å². The molecule has 0 atom stereocenters. The van der Waals surface area contributed by atoms with Gasteiger partial charge < -0.3 is 0 Å². The Morgan fingerprint density at radius 2 is 0.960 bits per heavy atom. The van der Waals surface area contributed by atoms with Gasteiger partial charge in [0, 0.05) is 5.41 Å². The fourth-order valence-corrected chi connectivity index (χ4v) is 9.01. The summed E-state index contributed by atoms with van der Waals surface area (Å²) in [5.41, 5.74) is 20.3. The molecule has 0 radical (unpaired) electrons. The standard InChI is InChI=1S/C50H44/c1-33(2)46-48-45(47(49(46,5)6)44(37-26-22-34(3)23-27-37)38-28-24-35(4)25-29-38)42-31-30-39(36-16-10-7-11-17-36)32-43(42)50(48,40-18-12-8-13-19-40)41-20-14-9-15-21-41/h7-32H,1-6H3. The van der Waals surface area contributed by atoms with Crippen LogP contribution >= 0.6 is 0 Å². The van der Waals surface area contributed by atoms with Crippen LogP contribution in [0, 0.1) is 19.3 Å². The second-order valence-electron chi connectivity index (χ2n) is 14.8. The molecule has 8 rings (SSSR count). The minimum Gasteiger partial charge on any atom is -0.0720 e. The van der Waals surface area contributed by atoms with E-state index >= 15 is 0 Å². The van der Waals surface area contributed by atoms with Crippen molar-refractivity contribution in [3.05, 3.63) is 225 Å². The van der Waals surface area contributed by atoms with Crippen molar-refractivity contribution in [1.82, 2.24) is 0 Å². The number of fused-ring (bicyclic) bond motifs is 2. The van der Waals surface area contributed by atoms with Gasteiger partial charge in [0.15, 0.2) is 0 Å². The Bertz CT molecular complexity index is 2220. The van der Waals surface area contributed by atoms with E-state index in [-0.39, 0.29) is 5.41 Å². The molecule has 0 amide bonds. The highest BCUT2D eigenvalue weighted by atomic mass is 14.6. The summed E-state index contributed by atoms with van der Waals surface area (Å²) in [6.45, 7) is 13.9. The lowest BCUT2D eigenvalue weighted by Gasteiger charge is -2.40. The molecule has 0 spiro atoms. The normalized spacial score (nSPS) is 15.6. The maximum atomic E-state index is 2.49. The first-order chi connectivity index (χ1) is 24.2. The molecule has 50 heavy (non-hydrogen) atoms. The Labute approximate surface area is 298 Å². The summed E-state index contributed by atoms with van der Waals surface area (Å²) >= 11 is 0. The lowest BCUT2D eigenvalue weighted by atomic mass is 9.62. The summed E-state index contributed by atoms with van der Waals surface area (Å²) < 4.78 is 0. The maximum absolute atomic E-state index is 2.49. The van der Waals surface area contributed by atoms with E-state index in [9.17, 15) is 0 Å². The number of aryl methyl sites for hydroxylation is 2. The number of hydrogen-bond acceptors (Lipinski definition) is 0. The highest BCUT2D eigenvalue weighted by Gasteiger charge is 2.57. The first-order valence-corrected chi connectivity index (χ1v) is 17.9. The van der Waals surface area contributed by atoms with Crippen LogP contribution in [0.15, 0.2) is 180 Å². The van der Waals surface area contributed by atoms with Gasteiger partial charge in [0.25, 0.3) is 0 Å². The van der Waals surface area contributed by atoms with Crippen LogP contribution in [0.2, 0.25) is 0 Å². The number of allylic oxidation sites excluding steroid dienone is 5. The van der Waals surface area contributed by atoms with Crippen LogP contribution in [0.1, 0.15) is 72.2 Å².